The van der Waals surface area contributed by atoms with Crippen molar-refractivity contribution < 1.29 is 9.53 Å². The number of nitrogens with two attached hydrogens (primary N) is 1. The van der Waals surface area contributed by atoms with Crippen LogP contribution in [0.2, 0.25) is 0 Å². The van der Waals surface area contributed by atoms with Gasteiger partial charge >= 0.3 is 5.97 Å². The SMILES string of the molecule is CCC(N)CC(=O)OCc1cccc(Br)c1. The molecule has 0 amide bonds. The Kier molecular flexibility index (Phi) is 5.49. The summed E-state index contributed by atoms with van der Waals surface area (Å²) in [6, 6.07) is 7.57. The van der Waals surface area contributed by atoms with Crippen molar-refractivity contribution in [1.29, 1.82) is 0 Å². The third kappa shape index (κ3) is 4.77. The Morgan fingerprint density at radius 2 is 2.31 bits per heavy atom. The van der Waals surface area contributed by atoms with Crippen LogP contribution in [0.15, 0.2) is 28.7 Å². The lowest BCUT2D eigenvalue weighted by molar-refractivity contribution is -0.145. The molecule has 1 aromatic carbocycles. The molecule has 0 aliphatic heterocycles. The zero-order valence-corrected chi connectivity index (χ0v) is 10.9. The molecule has 3 nitrogen and oxygen atoms in total. The number of esters is 1. The summed E-state index contributed by atoms with van der Waals surface area (Å²) in [6.07, 6.45) is 1.07. The number of hydrogen-bond donors (Lipinski definition) is 1. The van der Waals surface area contributed by atoms with Gasteiger partial charge < -0.3 is 10.5 Å². The normalized spacial score (nSPS) is 12.2. The van der Waals surface area contributed by atoms with Crippen LogP contribution < -0.4 is 5.73 Å². The van der Waals surface area contributed by atoms with Crippen molar-refractivity contribution in [2.75, 3.05) is 0 Å². The first-order valence-corrected chi connectivity index (χ1v) is 6.06. The van der Waals surface area contributed by atoms with E-state index in [2.05, 4.69) is 15.9 Å². The average Bonchev–Trinajstić information content (AvgIpc) is 2.26. The van der Waals surface area contributed by atoms with Crippen LogP contribution in [-0.2, 0) is 16.1 Å². The van der Waals surface area contributed by atoms with Gasteiger partial charge in [-0.05, 0) is 24.1 Å². The van der Waals surface area contributed by atoms with Gasteiger partial charge in [-0.1, -0.05) is 35.0 Å². The monoisotopic (exact) mass is 285 g/mol. The van der Waals surface area contributed by atoms with Gasteiger partial charge in [0, 0.05) is 10.5 Å². The minimum Gasteiger partial charge on any atom is -0.461 e. The lowest BCUT2D eigenvalue weighted by Gasteiger charge is -2.08. The standard InChI is InChI=1S/C12H16BrNO2/c1-2-11(14)7-12(15)16-8-9-4-3-5-10(13)6-9/h3-6,11H,2,7-8,14H2,1H3. The van der Waals surface area contributed by atoms with E-state index in [0.717, 1.165) is 16.5 Å². The number of rotatable bonds is 5. The molecule has 1 aromatic rings. The van der Waals surface area contributed by atoms with Crippen LogP contribution in [0, 0.1) is 0 Å². The van der Waals surface area contributed by atoms with E-state index < -0.39 is 0 Å². The molecule has 0 aliphatic rings. The summed E-state index contributed by atoms with van der Waals surface area (Å²) in [5.74, 6) is -0.241. The summed E-state index contributed by atoms with van der Waals surface area (Å²) in [4.78, 5) is 11.4. The van der Waals surface area contributed by atoms with Crippen LogP contribution in [0.3, 0.4) is 0 Å². The number of benzene rings is 1. The highest BCUT2D eigenvalue weighted by Gasteiger charge is 2.08. The number of ether oxygens (including phenoxy) is 1. The molecule has 16 heavy (non-hydrogen) atoms. The lowest BCUT2D eigenvalue weighted by Crippen LogP contribution is -2.23. The minimum absolute atomic E-state index is 0.102. The van der Waals surface area contributed by atoms with Crippen LogP contribution in [0.5, 0.6) is 0 Å². The predicted octanol–water partition coefficient (Wildman–Crippen LogP) is 2.62. The quantitative estimate of drug-likeness (QED) is 0.846. The molecule has 0 saturated carbocycles. The van der Waals surface area contributed by atoms with E-state index in [1.165, 1.54) is 0 Å². The van der Waals surface area contributed by atoms with E-state index in [1.54, 1.807) is 0 Å². The van der Waals surface area contributed by atoms with E-state index in [-0.39, 0.29) is 18.4 Å². The lowest BCUT2D eigenvalue weighted by atomic mass is 10.2. The summed E-state index contributed by atoms with van der Waals surface area (Å²) < 4.78 is 6.09. The average molecular weight is 286 g/mol. The Balaban J connectivity index is 2.37. The van der Waals surface area contributed by atoms with Gasteiger partial charge in [0.1, 0.15) is 6.61 Å². The van der Waals surface area contributed by atoms with Crippen LogP contribution in [-0.4, -0.2) is 12.0 Å². The highest BCUT2D eigenvalue weighted by atomic mass is 79.9. The van der Waals surface area contributed by atoms with Crippen LogP contribution >= 0.6 is 15.9 Å². The highest BCUT2D eigenvalue weighted by molar-refractivity contribution is 9.10. The van der Waals surface area contributed by atoms with Crippen LogP contribution in [0.25, 0.3) is 0 Å². The summed E-state index contributed by atoms with van der Waals surface area (Å²) in [5, 5.41) is 0. The number of carbonyl (C=O) groups excluding carboxylic acids is 1. The molecule has 0 radical (unpaired) electrons. The minimum atomic E-state index is -0.241. The van der Waals surface area contributed by atoms with Gasteiger partial charge in [-0.2, -0.15) is 0 Å². The second kappa shape index (κ2) is 6.66. The zero-order valence-electron chi connectivity index (χ0n) is 9.28. The first kappa shape index (κ1) is 13.2. The van der Waals surface area contributed by atoms with Crippen LogP contribution in [0.1, 0.15) is 25.3 Å². The van der Waals surface area contributed by atoms with E-state index >= 15 is 0 Å². The highest BCUT2D eigenvalue weighted by Crippen LogP contribution is 2.12. The number of halogens is 1. The maximum absolute atomic E-state index is 11.4. The van der Waals surface area contributed by atoms with Gasteiger partial charge in [0.2, 0.25) is 0 Å². The van der Waals surface area contributed by atoms with Crippen molar-refractivity contribution in [2.24, 2.45) is 5.73 Å². The molecule has 88 valence electrons. The van der Waals surface area contributed by atoms with Gasteiger partial charge in [-0.25, -0.2) is 0 Å². The van der Waals surface area contributed by atoms with Crippen molar-refractivity contribution in [3.63, 3.8) is 0 Å². The third-order valence-electron chi connectivity index (χ3n) is 2.24. The van der Waals surface area contributed by atoms with Crippen LogP contribution in [0.4, 0.5) is 0 Å². The Labute approximate surface area is 104 Å². The summed E-state index contributed by atoms with van der Waals surface area (Å²) in [7, 11) is 0. The molecule has 0 heterocycles. The van der Waals surface area contributed by atoms with E-state index in [0.29, 0.717) is 6.61 Å². The maximum atomic E-state index is 11.4. The molecular weight excluding hydrogens is 270 g/mol. The van der Waals surface area contributed by atoms with Crippen molar-refractivity contribution in [3.8, 4) is 0 Å². The second-order valence-electron chi connectivity index (χ2n) is 3.66. The second-order valence-corrected chi connectivity index (χ2v) is 4.58. The number of carbonyl (C=O) groups is 1. The van der Waals surface area contributed by atoms with E-state index in [1.807, 2.05) is 31.2 Å². The first-order valence-electron chi connectivity index (χ1n) is 5.27. The Hall–Kier alpha value is -0.870. The molecule has 1 rings (SSSR count). The first-order chi connectivity index (χ1) is 7.61. The molecule has 2 N–H and O–H groups in total. The van der Waals surface area contributed by atoms with Crippen molar-refractivity contribution in [2.45, 2.75) is 32.4 Å². The Morgan fingerprint density at radius 3 is 2.94 bits per heavy atom. The maximum Gasteiger partial charge on any atom is 0.307 e. The van der Waals surface area contributed by atoms with E-state index in [4.69, 9.17) is 10.5 Å². The smallest absolute Gasteiger partial charge is 0.307 e. The molecule has 1 unspecified atom stereocenters. The molecule has 4 heteroatoms. The molecule has 0 aliphatic carbocycles. The molecule has 0 saturated heterocycles. The Bertz CT molecular complexity index is 355. The largest absolute Gasteiger partial charge is 0.461 e. The molecule has 0 aromatic heterocycles. The zero-order chi connectivity index (χ0) is 12.0. The van der Waals surface area contributed by atoms with Crippen molar-refractivity contribution >= 4 is 21.9 Å². The van der Waals surface area contributed by atoms with Crippen molar-refractivity contribution in [3.05, 3.63) is 34.3 Å². The van der Waals surface area contributed by atoms with Crippen molar-refractivity contribution in [1.82, 2.24) is 0 Å². The summed E-state index contributed by atoms with van der Waals surface area (Å²) in [6.45, 7) is 2.25. The molecule has 0 fully saturated rings. The molecule has 1 atom stereocenters. The molecule has 0 spiro atoms. The fourth-order valence-corrected chi connectivity index (χ4v) is 1.65. The fourth-order valence-electron chi connectivity index (χ4n) is 1.21. The Morgan fingerprint density at radius 1 is 1.56 bits per heavy atom. The molecular formula is C12H16BrNO2. The van der Waals surface area contributed by atoms with Gasteiger partial charge in [-0.15, -0.1) is 0 Å². The summed E-state index contributed by atoms with van der Waals surface area (Å²) >= 11 is 3.36. The summed E-state index contributed by atoms with van der Waals surface area (Å²) in [5.41, 5.74) is 6.62. The topological polar surface area (TPSA) is 52.3 Å². The van der Waals surface area contributed by atoms with Gasteiger partial charge in [0.15, 0.2) is 0 Å². The van der Waals surface area contributed by atoms with Gasteiger partial charge in [0.05, 0.1) is 6.42 Å². The molecule has 0 bridgehead atoms. The van der Waals surface area contributed by atoms with Gasteiger partial charge in [-0.3, -0.25) is 4.79 Å². The van der Waals surface area contributed by atoms with Gasteiger partial charge in [0.25, 0.3) is 0 Å². The fraction of sp³-hybridized carbons (Fsp3) is 0.417. The predicted molar refractivity (Wildman–Crippen MR) is 66.8 cm³/mol. The third-order valence-corrected chi connectivity index (χ3v) is 2.74. The van der Waals surface area contributed by atoms with E-state index in [9.17, 15) is 4.79 Å². The number of hydrogen-bond acceptors (Lipinski definition) is 3.